The van der Waals surface area contributed by atoms with E-state index in [0.717, 1.165) is 10.8 Å². The minimum Gasteiger partial charge on any atom is -0.158 e. The third-order valence-electron chi connectivity index (χ3n) is 2.47. The molecule has 1 aliphatic rings. The Labute approximate surface area is 88.8 Å². The Morgan fingerprint density at radius 3 is 3.14 bits per heavy atom. The van der Waals surface area contributed by atoms with Crippen LogP contribution in [0.1, 0.15) is 24.0 Å². The molecule has 2 nitrogen and oxygen atoms in total. The first kappa shape index (κ1) is 9.71. The van der Waals surface area contributed by atoms with E-state index in [-0.39, 0.29) is 0 Å². The average molecular weight is 206 g/mol. The smallest absolute Gasteiger partial charge is 0.123 e. The van der Waals surface area contributed by atoms with Gasteiger partial charge in [-0.1, -0.05) is 6.08 Å². The monoisotopic (exact) mass is 206 g/mol. The molecular weight excluding hydrogens is 192 g/mol. The van der Waals surface area contributed by atoms with Gasteiger partial charge >= 0.3 is 0 Å². The highest BCUT2D eigenvalue weighted by Crippen LogP contribution is 2.28. The molecule has 74 valence electrons. The van der Waals surface area contributed by atoms with Crippen LogP contribution in [0.5, 0.6) is 0 Å². The van der Waals surface area contributed by atoms with Crippen LogP contribution >= 0.6 is 11.8 Å². The maximum atomic E-state index is 4.19. The molecular formula is C11H14N2S. The van der Waals surface area contributed by atoms with E-state index in [9.17, 15) is 0 Å². The molecule has 14 heavy (non-hydrogen) atoms. The van der Waals surface area contributed by atoms with Gasteiger partial charge in [-0.15, -0.1) is 23.4 Å². The standard InChI is InChI=1S/C11H14N2S/c1-2-7-14-11-10-6-4-3-5-9(10)8-12-13-11/h2,8H,1,3-7H2. The van der Waals surface area contributed by atoms with Gasteiger partial charge in [0.05, 0.1) is 6.20 Å². The first-order valence-corrected chi connectivity index (χ1v) is 5.97. The molecule has 0 radical (unpaired) electrons. The van der Waals surface area contributed by atoms with Crippen LogP contribution in [0.25, 0.3) is 0 Å². The number of thioether (sulfide) groups is 1. The van der Waals surface area contributed by atoms with Crippen LogP contribution in [0.2, 0.25) is 0 Å². The molecule has 0 aromatic carbocycles. The van der Waals surface area contributed by atoms with Gasteiger partial charge in [0.1, 0.15) is 5.03 Å². The van der Waals surface area contributed by atoms with Crippen molar-refractivity contribution >= 4 is 11.8 Å². The zero-order valence-electron chi connectivity index (χ0n) is 8.20. The molecule has 0 atom stereocenters. The molecule has 0 spiro atoms. The third-order valence-corrected chi connectivity index (χ3v) is 3.47. The van der Waals surface area contributed by atoms with Gasteiger partial charge in [0.15, 0.2) is 0 Å². The highest BCUT2D eigenvalue weighted by molar-refractivity contribution is 7.99. The van der Waals surface area contributed by atoms with Gasteiger partial charge < -0.3 is 0 Å². The Balaban J connectivity index is 2.25. The molecule has 0 fully saturated rings. The topological polar surface area (TPSA) is 25.8 Å². The van der Waals surface area contributed by atoms with E-state index < -0.39 is 0 Å². The lowest BCUT2D eigenvalue weighted by atomic mass is 9.95. The fraction of sp³-hybridized carbons (Fsp3) is 0.455. The number of hydrogen-bond donors (Lipinski definition) is 0. The van der Waals surface area contributed by atoms with E-state index >= 15 is 0 Å². The predicted octanol–water partition coefficient (Wildman–Crippen LogP) is 2.63. The second kappa shape index (κ2) is 4.60. The fourth-order valence-corrected chi connectivity index (χ4v) is 2.57. The molecule has 0 N–H and O–H groups in total. The first-order chi connectivity index (χ1) is 6.92. The van der Waals surface area contributed by atoms with Crippen LogP contribution in [0, 0.1) is 0 Å². The van der Waals surface area contributed by atoms with Crippen molar-refractivity contribution in [3.63, 3.8) is 0 Å². The third kappa shape index (κ3) is 1.98. The quantitative estimate of drug-likeness (QED) is 0.561. The highest BCUT2D eigenvalue weighted by atomic mass is 32.2. The summed E-state index contributed by atoms with van der Waals surface area (Å²) in [6.45, 7) is 3.72. The van der Waals surface area contributed by atoms with E-state index in [1.807, 2.05) is 12.3 Å². The van der Waals surface area contributed by atoms with Gasteiger partial charge in [-0.3, -0.25) is 0 Å². The minimum atomic E-state index is 0.922. The molecule has 1 aromatic rings. The molecule has 1 aromatic heterocycles. The first-order valence-electron chi connectivity index (χ1n) is 4.99. The summed E-state index contributed by atoms with van der Waals surface area (Å²) in [5, 5.41) is 9.35. The van der Waals surface area contributed by atoms with E-state index in [1.54, 1.807) is 11.8 Å². The van der Waals surface area contributed by atoms with Crippen LogP contribution in [0.4, 0.5) is 0 Å². The van der Waals surface area contributed by atoms with Crippen molar-refractivity contribution < 1.29 is 0 Å². The Bertz CT molecular complexity index is 336. The van der Waals surface area contributed by atoms with E-state index in [2.05, 4.69) is 16.8 Å². The number of fused-ring (bicyclic) bond motifs is 1. The Morgan fingerprint density at radius 1 is 1.43 bits per heavy atom. The van der Waals surface area contributed by atoms with E-state index in [1.165, 1.54) is 36.8 Å². The van der Waals surface area contributed by atoms with Crippen LogP contribution in [0.15, 0.2) is 23.9 Å². The van der Waals surface area contributed by atoms with Gasteiger partial charge in [-0.25, -0.2) is 0 Å². The van der Waals surface area contributed by atoms with Crippen molar-refractivity contribution in [1.29, 1.82) is 0 Å². The molecule has 0 amide bonds. The maximum absolute atomic E-state index is 4.19. The zero-order chi connectivity index (χ0) is 9.80. The lowest BCUT2D eigenvalue weighted by molar-refractivity contribution is 0.654. The van der Waals surface area contributed by atoms with Crippen LogP contribution in [-0.2, 0) is 12.8 Å². The minimum absolute atomic E-state index is 0.922. The predicted molar refractivity (Wildman–Crippen MR) is 59.6 cm³/mol. The fourth-order valence-electron chi connectivity index (χ4n) is 1.78. The van der Waals surface area contributed by atoms with Gasteiger partial charge in [-0.05, 0) is 36.8 Å². The summed E-state index contributed by atoms with van der Waals surface area (Å²) in [6.07, 6.45) is 8.77. The Morgan fingerprint density at radius 2 is 2.29 bits per heavy atom. The van der Waals surface area contributed by atoms with Crippen molar-refractivity contribution in [3.8, 4) is 0 Å². The number of aryl methyl sites for hydroxylation is 1. The van der Waals surface area contributed by atoms with Crippen molar-refractivity contribution in [1.82, 2.24) is 10.2 Å². The van der Waals surface area contributed by atoms with Crippen LogP contribution < -0.4 is 0 Å². The van der Waals surface area contributed by atoms with Crippen molar-refractivity contribution in [2.75, 3.05) is 5.75 Å². The largest absolute Gasteiger partial charge is 0.158 e. The van der Waals surface area contributed by atoms with Crippen molar-refractivity contribution in [2.24, 2.45) is 0 Å². The van der Waals surface area contributed by atoms with Crippen molar-refractivity contribution in [3.05, 3.63) is 30.0 Å². The number of aromatic nitrogens is 2. The molecule has 2 rings (SSSR count). The summed E-state index contributed by atoms with van der Waals surface area (Å²) in [5.74, 6) is 0.922. The molecule has 0 saturated heterocycles. The molecule has 0 saturated carbocycles. The average Bonchev–Trinajstić information content (AvgIpc) is 2.26. The summed E-state index contributed by atoms with van der Waals surface area (Å²) in [5.41, 5.74) is 2.83. The van der Waals surface area contributed by atoms with E-state index in [0.29, 0.717) is 0 Å². The maximum Gasteiger partial charge on any atom is 0.123 e. The molecule has 1 aliphatic carbocycles. The molecule has 0 unspecified atom stereocenters. The van der Waals surface area contributed by atoms with Gasteiger partial charge in [0, 0.05) is 5.75 Å². The summed E-state index contributed by atoms with van der Waals surface area (Å²) in [6, 6.07) is 0. The molecule has 0 aliphatic heterocycles. The molecule has 1 heterocycles. The highest BCUT2D eigenvalue weighted by Gasteiger charge is 2.14. The Kier molecular flexibility index (Phi) is 3.19. The SMILES string of the molecule is C=CCSc1nncc2c1CCCC2. The normalized spacial score (nSPS) is 14.9. The lowest BCUT2D eigenvalue weighted by Gasteiger charge is -2.16. The summed E-state index contributed by atoms with van der Waals surface area (Å²) >= 11 is 1.74. The van der Waals surface area contributed by atoms with Gasteiger partial charge in [0.2, 0.25) is 0 Å². The Hall–Kier alpha value is -0.830. The number of hydrogen-bond acceptors (Lipinski definition) is 3. The van der Waals surface area contributed by atoms with Gasteiger partial charge in [-0.2, -0.15) is 5.10 Å². The zero-order valence-corrected chi connectivity index (χ0v) is 9.02. The molecule has 0 bridgehead atoms. The lowest BCUT2D eigenvalue weighted by Crippen LogP contribution is -2.06. The number of rotatable bonds is 3. The summed E-state index contributed by atoms with van der Waals surface area (Å²) in [4.78, 5) is 0. The second-order valence-electron chi connectivity index (χ2n) is 3.46. The number of nitrogens with zero attached hydrogens (tertiary/aromatic N) is 2. The summed E-state index contributed by atoms with van der Waals surface area (Å²) < 4.78 is 0. The summed E-state index contributed by atoms with van der Waals surface area (Å²) in [7, 11) is 0. The van der Waals surface area contributed by atoms with Gasteiger partial charge in [0.25, 0.3) is 0 Å². The second-order valence-corrected chi connectivity index (χ2v) is 4.47. The van der Waals surface area contributed by atoms with Crippen LogP contribution in [0.3, 0.4) is 0 Å². The van der Waals surface area contributed by atoms with E-state index in [4.69, 9.17) is 0 Å². The van der Waals surface area contributed by atoms with Crippen molar-refractivity contribution in [2.45, 2.75) is 30.7 Å². The van der Waals surface area contributed by atoms with Crippen LogP contribution in [-0.4, -0.2) is 16.0 Å². The molecule has 3 heteroatoms.